The second-order valence-corrected chi connectivity index (χ2v) is 6.38. The third-order valence-electron chi connectivity index (χ3n) is 3.75. The van der Waals surface area contributed by atoms with Crippen LogP contribution in [0.1, 0.15) is 38.3 Å². The molecule has 1 N–H and O–H groups in total. The van der Waals surface area contributed by atoms with Crippen LogP contribution in [0, 0.1) is 5.92 Å². The third-order valence-corrected chi connectivity index (χ3v) is 5.72. The lowest BCUT2D eigenvalue weighted by molar-refractivity contribution is 0.362. The van der Waals surface area contributed by atoms with Gasteiger partial charge in [0, 0.05) is 15.2 Å². The molecule has 0 aliphatic carbocycles. The fourth-order valence-corrected chi connectivity index (χ4v) is 4.35. The van der Waals surface area contributed by atoms with Gasteiger partial charge >= 0.3 is 0 Å². The summed E-state index contributed by atoms with van der Waals surface area (Å²) in [4.78, 5) is 0. The maximum atomic E-state index is 3.64. The molecule has 1 unspecified atom stereocenters. The van der Waals surface area contributed by atoms with Gasteiger partial charge in [0.05, 0.1) is 0 Å². The highest BCUT2D eigenvalue weighted by Crippen LogP contribution is 2.38. The Hall–Kier alpha value is -0.380. The zero-order valence-electron chi connectivity index (χ0n) is 11.2. The summed E-state index contributed by atoms with van der Waals surface area (Å²) in [7, 11) is 2.07. The molecular weight excluding hydrogens is 306 g/mol. The van der Waals surface area contributed by atoms with Crippen LogP contribution >= 0.6 is 27.3 Å². The van der Waals surface area contributed by atoms with Crippen LogP contribution in [0.4, 0.5) is 0 Å². The number of benzene rings is 1. The quantitative estimate of drug-likeness (QED) is 0.780. The van der Waals surface area contributed by atoms with Crippen molar-refractivity contribution in [3.8, 4) is 0 Å². The molecule has 98 valence electrons. The van der Waals surface area contributed by atoms with E-state index in [1.54, 1.807) is 0 Å². The minimum Gasteiger partial charge on any atom is -0.313 e. The van der Waals surface area contributed by atoms with Gasteiger partial charge in [-0.2, -0.15) is 0 Å². The average molecular weight is 326 g/mol. The van der Waals surface area contributed by atoms with Crippen LogP contribution in [-0.2, 0) is 0 Å². The summed E-state index contributed by atoms with van der Waals surface area (Å²) in [6, 6.07) is 6.94. The molecule has 2 rings (SSSR count). The van der Waals surface area contributed by atoms with E-state index in [9.17, 15) is 0 Å². The summed E-state index contributed by atoms with van der Waals surface area (Å²) >= 11 is 5.48. The van der Waals surface area contributed by atoms with Crippen molar-refractivity contribution >= 4 is 37.4 Å². The van der Waals surface area contributed by atoms with E-state index in [4.69, 9.17) is 0 Å². The molecule has 0 spiro atoms. The van der Waals surface area contributed by atoms with Crippen LogP contribution in [0.2, 0.25) is 0 Å². The fraction of sp³-hybridized carbons (Fsp3) is 0.467. The van der Waals surface area contributed by atoms with Crippen molar-refractivity contribution in [1.29, 1.82) is 0 Å². The highest BCUT2D eigenvalue weighted by atomic mass is 79.9. The van der Waals surface area contributed by atoms with Crippen LogP contribution < -0.4 is 5.32 Å². The first-order chi connectivity index (χ1) is 8.72. The Labute approximate surface area is 122 Å². The van der Waals surface area contributed by atoms with Gasteiger partial charge in [-0.3, -0.25) is 0 Å². The lowest BCUT2D eigenvalue weighted by atomic mass is 9.89. The van der Waals surface area contributed by atoms with Gasteiger partial charge in [-0.1, -0.05) is 38.8 Å². The standard InChI is InChI=1S/C15H20BrNS/c1-4-10(5-2)14(17-3)12-9-18-15-11(12)7-6-8-13(15)16/h6-10,14,17H,4-5H2,1-3H3. The van der Waals surface area contributed by atoms with Crippen molar-refractivity contribution in [2.75, 3.05) is 7.05 Å². The smallest absolute Gasteiger partial charge is 0.0488 e. The van der Waals surface area contributed by atoms with Crippen LogP contribution in [0.3, 0.4) is 0 Å². The zero-order chi connectivity index (χ0) is 13.1. The van der Waals surface area contributed by atoms with Crippen LogP contribution in [0.25, 0.3) is 10.1 Å². The molecular formula is C15H20BrNS. The second kappa shape index (κ2) is 6.18. The predicted octanol–water partition coefficient (Wildman–Crippen LogP) is 5.36. The van der Waals surface area contributed by atoms with Crippen LogP contribution in [0.15, 0.2) is 28.1 Å². The minimum atomic E-state index is 0.461. The number of fused-ring (bicyclic) bond motifs is 1. The molecule has 18 heavy (non-hydrogen) atoms. The first kappa shape index (κ1) is 14.0. The Bertz CT molecular complexity index is 516. The normalized spacial score (nSPS) is 13.4. The van der Waals surface area contributed by atoms with Gasteiger partial charge in [0.1, 0.15) is 0 Å². The largest absolute Gasteiger partial charge is 0.313 e. The lowest BCUT2D eigenvalue weighted by Crippen LogP contribution is -2.24. The van der Waals surface area contributed by atoms with Crippen molar-refractivity contribution < 1.29 is 0 Å². The van der Waals surface area contributed by atoms with Crippen molar-refractivity contribution in [2.24, 2.45) is 5.92 Å². The first-order valence-electron chi connectivity index (χ1n) is 6.55. The highest BCUT2D eigenvalue weighted by Gasteiger charge is 2.21. The Morgan fingerprint density at radius 2 is 2.00 bits per heavy atom. The number of thiophene rings is 1. The molecule has 1 aromatic heterocycles. The SMILES string of the molecule is CCC(CC)C(NC)c1csc2c(Br)cccc12. The Morgan fingerprint density at radius 3 is 2.61 bits per heavy atom. The maximum absolute atomic E-state index is 3.64. The van der Waals surface area contributed by atoms with E-state index >= 15 is 0 Å². The second-order valence-electron chi connectivity index (χ2n) is 4.65. The summed E-state index contributed by atoms with van der Waals surface area (Å²) in [5.41, 5.74) is 1.45. The molecule has 0 bridgehead atoms. The first-order valence-corrected chi connectivity index (χ1v) is 8.23. The van der Waals surface area contributed by atoms with Gasteiger partial charge in [-0.05, 0) is 51.3 Å². The van der Waals surface area contributed by atoms with E-state index in [0.29, 0.717) is 12.0 Å². The number of hydrogen-bond donors (Lipinski definition) is 1. The highest BCUT2D eigenvalue weighted by molar-refractivity contribution is 9.10. The number of hydrogen-bond acceptors (Lipinski definition) is 2. The predicted molar refractivity (Wildman–Crippen MR) is 85.4 cm³/mol. The molecule has 1 nitrogen and oxygen atoms in total. The van der Waals surface area contributed by atoms with Crippen molar-refractivity contribution in [1.82, 2.24) is 5.32 Å². The Morgan fingerprint density at radius 1 is 1.28 bits per heavy atom. The molecule has 3 heteroatoms. The van der Waals surface area contributed by atoms with Gasteiger partial charge in [-0.15, -0.1) is 11.3 Å². The summed E-state index contributed by atoms with van der Waals surface area (Å²) in [5, 5.41) is 7.21. The molecule has 0 aliphatic rings. The average Bonchev–Trinajstić information content (AvgIpc) is 2.81. The van der Waals surface area contributed by atoms with Gasteiger partial charge in [0.2, 0.25) is 0 Å². The van der Waals surface area contributed by atoms with E-state index in [0.717, 1.165) is 0 Å². The van der Waals surface area contributed by atoms with Gasteiger partial charge < -0.3 is 5.32 Å². The van der Waals surface area contributed by atoms with Crippen molar-refractivity contribution in [3.05, 3.63) is 33.6 Å². The zero-order valence-corrected chi connectivity index (χ0v) is 13.6. The van der Waals surface area contributed by atoms with Gasteiger partial charge in [0.15, 0.2) is 0 Å². The number of nitrogens with one attached hydrogen (secondary N) is 1. The fourth-order valence-electron chi connectivity index (χ4n) is 2.69. The Kier molecular flexibility index (Phi) is 4.82. The van der Waals surface area contributed by atoms with Crippen molar-refractivity contribution in [2.45, 2.75) is 32.7 Å². The molecule has 1 aromatic carbocycles. The summed E-state index contributed by atoms with van der Waals surface area (Å²) in [6.07, 6.45) is 2.43. The van der Waals surface area contributed by atoms with Crippen LogP contribution in [0.5, 0.6) is 0 Å². The van der Waals surface area contributed by atoms with Gasteiger partial charge in [-0.25, -0.2) is 0 Å². The molecule has 1 atom stereocenters. The molecule has 2 aromatic rings. The monoisotopic (exact) mass is 325 g/mol. The van der Waals surface area contributed by atoms with E-state index < -0.39 is 0 Å². The van der Waals surface area contributed by atoms with Crippen LogP contribution in [-0.4, -0.2) is 7.05 Å². The Balaban J connectivity index is 2.49. The van der Waals surface area contributed by atoms with E-state index in [2.05, 4.69) is 65.7 Å². The maximum Gasteiger partial charge on any atom is 0.0488 e. The number of rotatable bonds is 5. The van der Waals surface area contributed by atoms with E-state index in [1.165, 1.54) is 33.0 Å². The molecule has 0 saturated heterocycles. The summed E-state index contributed by atoms with van der Waals surface area (Å²) in [6.45, 7) is 4.56. The minimum absolute atomic E-state index is 0.461. The molecule has 0 aliphatic heterocycles. The molecule has 0 saturated carbocycles. The lowest BCUT2D eigenvalue weighted by Gasteiger charge is -2.24. The molecule has 0 amide bonds. The molecule has 0 fully saturated rings. The van der Waals surface area contributed by atoms with E-state index in [1.807, 2.05) is 11.3 Å². The summed E-state index contributed by atoms with van der Waals surface area (Å²) in [5.74, 6) is 0.701. The van der Waals surface area contributed by atoms with Gasteiger partial charge in [0.25, 0.3) is 0 Å². The van der Waals surface area contributed by atoms with Crippen molar-refractivity contribution in [3.63, 3.8) is 0 Å². The molecule has 1 heterocycles. The van der Waals surface area contributed by atoms with E-state index in [-0.39, 0.29) is 0 Å². The molecule has 0 radical (unpaired) electrons. The number of halogens is 1. The third kappa shape index (κ3) is 2.49. The summed E-state index contributed by atoms with van der Waals surface area (Å²) < 4.78 is 2.56. The topological polar surface area (TPSA) is 12.0 Å².